The molecule has 2 aliphatic rings. The molecule has 1 fully saturated rings. The van der Waals surface area contributed by atoms with Crippen LogP contribution < -0.4 is 0 Å². The van der Waals surface area contributed by atoms with Gasteiger partial charge in [-0.25, -0.2) is 0 Å². The molecule has 3 atom stereocenters. The number of rotatable bonds is 1. The second-order valence-electron chi connectivity index (χ2n) is 6.05. The van der Waals surface area contributed by atoms with E-state index in [1.54, 1.807) is 6.08 Å². The van der Waals surface area contributed by atoms with Crippen molar-refractivity contribution in [1.82, 2.24) is 0 Å². The van der Waals surface area contributed by atoms with Crippen molar-refractivity contribution in [2.75, 3.05) is 0 Å². The van der Waals surface area contributed by atoms with Crippen LogP contribution in [0.5, 0.6) is 0 Å². The molecule has 2 rings (SSSR count). The fraction of sp³-hybridized carbons (Fsp3) is 0.667. The predicted molar refractivity (Wildman–Crippen MR) is 68.5 cm³/mol. The highest BCUT2D eigenvalue weighted by Gasteiger charge is 2.44. The Morgan fingerprint density at radius 1 is 1.47 bits per heavy atom. The smallest absolute Gasteiger partial charge is 0.181 e. The molecule has 0 heterocycles. The molecule has 0 amide bonds. The van der Waals surface area contributed by atoms with Crippen molar-refractivity contribution in [2.45, 2.75) is 46.6 Å². The van der Waals surface area contributed by atoms with Crippen molar-refractivity contribution in [3.63, 3.8) is 0 Å². The number of fused-ring (bicyclic) bond motifs is 1. The summed E-state index contributed by atoms with van der Waals surface area (Å²) in [6.07, 6.45) is 5.26. The summed E-state index contributed by atoms with van der Waals surface area (Å²) in [5.41, 5.74) is 1.62. The molecule has 2 heteroatoms. The first-order valence-electron chi connectivity index (χ1n) is 6.49. The van der Waals surface area contributed by atoms with Crippen LogP contribution in [0.25, 0.3) is 0 Å². The molecule has 2 nitrogen and oxygen atoms in total. The maximum absolute atomic E-state index is 11.8. The number of allylic oxidation sites excluding steroid dienone is 3. The summed E-state index contributed by atoms with van der Waals surface area (Å²) >= 11 is 0. The van der Waals surface area contributed by atoms with Gasteiger partial charge in [0.05, 0.1) is 6.10 Å². The SMILES string of the molecule is CC1=C2[C@H](O)[C@H](C(C)C)CC[C@@]2(C)C=CC1=O. The first kappa shape index (κ1) is 12.6. The van der Waals surface area contributed by atoms with E-state index in [1.807, 2.05) is 13.0 Å². The third-order valence-corrected chi connectivity index (χ3v) is 4.55. The standard InChI is InChI=1S/C15H22O2/c1-9(2)11-5-7-15(4)8-6-12(16)10(3)13(15)14(11)17/h6,8-9,11,14,17H,5,7H2,1-4H3/t11-,14+,15-/m0/s1. The average Bonchev–Trinajstić information content (AvgIpc) is 2.24. The predicted octanol–water partition coefficient (Wildman–Crippen LogP) is 2.88. The highest BCUT2D eigenvalue weighted by molar-refractivity contribution is 6.05. The van der Waals surface area contributed by atoms with Crippen LogP contribution in [0.15, 0.2) is 23.3 Å². The van der Waals surface area contributed by atoms with E-state index in [2.05, 4.69) is 20.8 Å². The largest absolute Gasteiger partial charge is 0.388 e. The first-order chi connectivity index (χ1) is 7.87. The van der Waals surface area contributed by atoms with Gasteiger partial charge < -0.3 is 5.11 Å². The minimum Gasteiger partial charge on any atom is -0.388 e. The van der Waals surface area contributed by atoms with Crippen LogP contribution >= 0.6 is 0 Å². The number of aliphatic hydroxyl groups excluding tert-OH is 1. The maximum Gasteiger partial charge on any atom is 0.181 e. The second-order valence-corrected chi connectivity index (χ2v) is 6.05. The summed E-state index contributed by atoms with van der Waals surface area (Å²) in [7, 11) is 0. The summed E-state index contributed by atoms with van der Waals surface area (Å²) in [4.78, 5) is 11.8. The number of carbonyl (C=O) groups excluding carboxylic acids is 1. The summed E-state index contributed by atoms with van der Waals surface area (Å²) < 4.78 is 0. The Morgan fingerprint density at radius 2 is 2.12 bits per heavy atom. The van der Waals surface area contributed by atoms with Crippen molar-refractivity contribution in [3.8, 4) is 0 Å². The van der Waals surface area contributed by atoms with Crippen LogP contribution in [0.3, 0.4) is 0 Å². The first-order valence-corrected chi connectivity index (χ1v) is 6.49. The third-order valence-electron chi connectivity index (χ3n) is 4.55. The molecule has 1 saturated carbocycles. The lowest BCUT2D eigenvalue weighted by Crippen LogP contribution is -2.42. The zero-order valence-corrected chi connectivity index (χ0v) is 11.2. The minimum atomic E-state index is -0.456. The molecular weight excluding hydrogens is 212 g/mol. The van der Waals surface area contributed by atoms with Crippen LogP contribution in [0.2, 0.25) is 0 Å². The molecule has 17 heavy (non-hydrogen) atoms. The van der Waals surface area contributed by atoms with E-state index in [9.17, 15) is 9.90 Å². The van der Waals surface area contributed by atoms with Gasteiger partial charge in [0.1, 0.15) is 0 Å². The Balaban J connectivity index is 2.44. The Kier molecular flexibility index (Phi) is 3.03. The molecule has 0 aliphatic heterocycles. The zero-order chi connectivity index (χ0) is 12.8. The van der Waals surface area contributed by atoms with E-state index in [4.69, 9.17) is 0 Å². The molecular formula is C15H22O2. The molecule has 0 bridgehead atoms. The van der Waals surface area contributed by atoms with E-state index in [1.165, 1.54) is 0 Å². The molecule has 0 unspecified atom stereocenters. The van der Waals surface area contributed by atoms with Gasteiger partial charge in [0.2, 0.25) is 0 Å². The quantitative estimate of drug-likeness (QED) is 0.757. The van der Waals surface area contributed by atoms with Gasteiger partial charge in [-0.1, -0.05) is 26.8 Å². The number of hydrogen-bond donors (Lipinski definition) is 1. The van der Waals surface area contributed by atoms with Crippen molar-refractivity contribution >= 4 is 5.78 Å². The molecule has 0 aromatic rings. The Morgan fingerprint density at radius 3 is 2.71 bits per heavy atom. The molecule has 0 radical (unpaired) electrons. The molecule has 0 aromatic heterocycles. The summed E-state index contributed by atoms with van der Waals surface area (Å²) in [5.74, 6) is 0.795. The molecule has 0 saturated heterocycles. The number of ketones is 1. The molecule has 0 aromatic carbocycles. The van der Waals surface area contributed by atoms with Gasteiger partial charge in [-0.3, -0.25) is 4.79 Å². The number of aliphatic hydroxyl groups is 1. The van der Waals surface area contributed by atoms with E-state index >= 15 is 0 Å². The van der Waals surface area contributed by atoms with Crippen molar-refractivity contribution in [1.29, 1.82) is 0 Å². The van der Waals surface area contributed by atoms with Crippen molar-refractivity contribution in [3.05, 3.63) is 23.3 Å². The minimum absolute atomic E-state index is 0.0564. The van der Waals surface area contributed by atoms with Gasteiger partial charge in [0.25, 0.3) is 0 Å². The van der Waals surface area contributed by atoms with E-state index in [0.717, 1.165) is 24.0 Å². The van der Waals surface area contributed by atoms with Gasteiger partial charge in [-0.15, -0.1) is 0 Å². The normalized spacial score (nSPS) is 37.6. The zero-order valence-electron chi connectivity index (χ0n) is 11.2. The van der Waals surface area contributed by atoms with Crippen LogP contribution in [0.4, 0.5) is 0 Å². The van der Waals surface area contributed by atoms with Crippen molar-refractivity contribution in [2.24, 2.45) is 17.3 Å². The Labute approximate surface area is 103 Å². The Bertz CT molecular complexity index is 403. The lowest BCUT2D eigenvalue weighted by Gasteiger charge is -2.45. The molecule has 0 spiro atoms. The van der Waals surface area contributed by atoms with Crippen LogP contribution in [0.1, 0.15) is 40.5 Å². The maximum atomic E-state index is 11.8. The molecule has 1 N–H and O–H groups in total. The summed E-state index contributed by atoms with van der Waals surface area (Å²) in [5, 5.41) is 10.5. The fourth-order valence-electron chi connectivity index (χ4n) is 3.35. The molecule has 2 aliphatic carbocycles. The van der Waals surface area contributed by atoms with Crippen molar-refractivity contribution < 1.29 is 9.90 Å². The average molecular weight is 234 g/mol. The molecule has 94 valence electrons. The third kappa shape index (κ3) is 1.89. The number of carbonyl (C=O) groups is 1. The van der Waals surface area contributed by atoms with Gasteiger partial charge in [0, 0.05) is 5.41 Å². The number of hydrogen-bond acceptors (Lipinski definition) is 2. The monoisotopic (exact) mass is 234 g/mol. The highest BCUT2D eigenvalue weighted by Crippen LogP contribution is 2.49. The highest BCUT2D eigenvalue weighted by atomic mass is 16.3. The van der Waals surface area contributed by atoms with Crippen LogP contribution in [-0.4, -0.2) is 17.0 Å². The fourth-order valence-corrected chi connectivity index (χ4v) is 3.35. The van der Waals surface area contributed by atoms with Gasteiger partial charge in [0.15, 0.2) is 5.78 Å². The lowest BCUT2D eigenvalue weighted by molar-refractivity contribution is -0.111. The van der Waals surface area contributed by atoms with Gasteiger partial charge >= 0.3 is 0 Å². The van der Waals surface area contributed by atoms with Gasteiger partial charge in [-0.2, -0.15) is 0 Å². The Hall–Kier alpha value is -0.890. The topological polar surface area (TPSA) is 37.3 Å². The summed E-state index contributed by atoms with van der Waals surface area (Å²) in [6, 6.07) is 0. The van der Waals surface area contributed by atoms with Gasteiger partial charge in [-0.05, 0) is 48.8 Å². The van der Waals surface area contributed by atoms with Crippen LogP contribution in [0, 0.1) is 17.3 Å². The lowest BCUT2D eigenvalue weighted by atomic mass is 9.61. The van der Waals surface area contributed by atoms with E-state index in [-0.39, 0.29) is 17.1 Å². The van der Waals surface area contributed by atoms with E-state index < -0.39 is 6.10 Å². The summed E-state index contributed by atoms with van der Waals surface area (Å²) in [6.45, 7) is 8.28. The van der Waals surface area contributed by atoms with E-state index in [0.29, 0.717) is 5.92 Å². The van der Waals surface area contributed by atoms with Crippen LogP contribution in [-0.2, 0) is 4.79 Å². The second kappa shape index (κ2) is 4.09.